The first kappa shape index (κ1) is 17.1. The van der Waals surface area contributed by atoms with Gasteiger partial charge >= 0.3 is 5.97 Å². The Labute approximate surface area is 158 Å². The van der Waals surface area contributed by atoms with Gasteiger partial charge in [0.15, 0.2) is 5.13 Å². The number of amides is 1. The molecule has 27 heavy (non-hydrogen) atoms. The number of carbonyl (C=O) groups excluding carboxylic acids is 2. The topological polar surface area (TPSA) is 81.2 Å². The Bertz CT molecular complexity index is 1170. The molecule has 6 nitrogen and oxygen atoms in total. The number of anilines is 1. The van der Waals surface area contributed by atoms with E-state index in [1.54, 1.807) is 31.2 Å². The van der Waals surface area contributed by atoms with E-state index in [2.05, 4.69) is 15.3 Å². The Balaban J connectivity index is 1.58. The summed E-state index contributed by atoms with van der Waals surface area (Å²) in [5.41, 5.74) is 2.24. The number of ether oxygens (including phenoxy) is 1. The fourth-order valence-corrected chi connectivity index (χ4v) is 3.57. The van der Waals surface area contributed by atoms with Crippen molar-refractivity contribution >= 4 is 49.5 Å². The van der Waals surface area contributed by atoms with E-state index in [-0.39, 0.29) is 11.9 Å². The summed E-state index contributed by atoms with van der Waals surface area (Å²) in [6.07, 6.45) is 0. The number of nitrogens with zero attached hydrogens (tertiary/aromatic N) is 2. The minimum Gasteiger partial charge on any atom is -0.462 e. The van der Waals surface area contributed by atoms with Crippen LogP contribution in [0.25, 0.3) is 21.1 Å². The Hall–Kier alpha value is -3.32. The molecule has 2 aromatic carbocycles. The minimum absolute atomic E-state index is 0.319. The van der Waals surface area contributed by atoms with Gasteiger partial charge in [0.1, 0.15) is 5.69 Å². The molecule has 0 aliphatic rings. The molecule has 0 radical (unpaired) electrons. The van der Waals surface area contributed by atoms with Gasteiger partial charge in [0.05, 0.1) is 27.9 Å². The number of hydrogen-bond donors (Lipinski definition) is 1. The molecule has 2 heterocycles. The van der Waals surface area contributed by atoms with Gasteiger partial charge in [-0.15, -0.1) is 0 Å². The molecule has 0 fully saturated rings. The van der Waals surface area contributed by atoms with Crippen molar-refractivity contribution in [2.45, 2.75) is 6.92 Å². The second-order valence-corrected chi connectivity index (χ2v) is 6.80. The number of thiazole rings is 1. The molecule has 0 aliphatic carbocycles. The molecule has 4 aromatic rings. The number of carbonyl (C=O) groups is 2. The van der Waals surface area contributed by atoms with E-state index in [1.807, 2.05) is 30.3 Å². The van der Waals surface area contributed by atoms with E-state index in [9.17, 15) is 9.59 Å². The number of pyridine rings is 1. The highest BCUT2D eigenvalue weighted by atomic mass is 32.1. The second-order valence-electron chi connectivity index (χ2n) is 5.77. The lowest BCUT2D eigenvalue weighted by molar-refractivity contribution is 0.0526. The predicted molar refractivity (Wildman–Crippen MR) is 105 cm³/mol. The number of nitrogens with one attached hydrogen (secondary N) is 1. The number of aromatic nitrogens is 2. The van der Waals surface area contributed by atoms with Crippen LogP contribution < -0.4 is 5.32 Å². The van der Waals surface area contributed by atoms with Gasteiger partial charge in [-0.2, -0.15) is 0 Å². The Morgan fingerprint density at radius 1 is 1.04 bits per heavy atom. The molecule has 0 saturated heterocycles. The van der Waals surface area contributed by atoms with Gasteiger partial charge in [-0.1, -0.05) is 35.6 Å². The van der Waals surface area contributed by atoms with E-state index < -0.39 is 0 Å². The van der Waals surface area contributed by atoms with Crippen LogP contribution >= 0.6 is 11.3 Å². The summed E-state index contributed by atoms with van der Waals surface area (Å²) in [7, 11) is 0. The van der Waals surface area contributed by atoms with Crippen molar-refractivity contribution in [2.24, 2.45) is 0 Å². The van der Waals surface area contributed by atoms with Crippen LogP contribution in [0, 0.1) is 0 Å². The lowest BCUT2D eigenvalue weighted by Crippen LogP contribution is -2.13. The molecule has 1 N–H and O–H groups in total. The molecule has 0 bridgehead atoms. The van der Waals surface area contributed by atoms with Gasteiger partial charge in [0.2, 0.25) is 0 Å². The first-order valence-corrected chi connectivity index (χ1v) is 9.20. The van der Waals surface area contributed by atoms with Crippen LogP contribution in [0.3, 0.4) is 0 Å². The fourth-order valence-electron chi connectivity index (χ4n) is 2.67. The van der Waals surface area contributed by atoms with Gasteiger partial charge in [-0.3, -0.25) is 10.1 Å². The number of hydrogen-bond acceptors (Lipinski definition) is 6. The molecular weight excluding hydrogens is 362 g/mol. The Morgan fingerprint density at radius 3 is 2.74 bits per heavy atom. The molecule has 0 atom stereocenters. The maximum absolute atomic E-state index is 12.5. The Kier molecular flexibility index (Phi) is 4.52. The lowest BCUT2D eigenvalue weighted by atomic mass is 10.2. The summed E-state index contributed by atoms with van der Waals surface area (Å²) in [5.74, 6) is -0.704. The first-order chi connectivity index (χ1) is 13.1. The highest BCUT2D eigenvalue weighted by Gasteiger charge is 2.14. The van der Waals surface area contributed by atoms with Crippen LogP contribution in [0.4, 0.5) is 5.13 Å². The van der Waals surface area contributed by atoms with E-state index in [0.717, 1.165) is 15.6 Å². The zero-order chi connectivity index (χ0) is 18.8. The van der Waals surface area contributed by atoms with Crippen molar-refractivity contribution in [2.75, 3.05) is 11.9 Å². The highest BCUT2D eigenvalue weighted by molar-refractivity contribution is 7.22. The summed E-state index contributed by atoms with van der Waals surface area (Å²) in [6.45, 7) is 2.08. The molecule has 0 spiro atoms. The summed E-state index contributed by atoms with van der Waals surface area (Å²) in [6, 6.07) is 16.3. The highest BCUT2D eigenvalue weighted by Crippen LogP contribution is 2.27. The molecule has 0 saturated carbocycles. The van der Waals surface area contributed by atoms with E-state index in [4.69, 9.17) is 4.74 Å². The van der Waals surface area contributed by atoms with Gasteiger partial charge < -0.3 is 4.74 Å². The van der Waals surface area contributed by atoms with Crippen LogP contribution in [-0.4, -0.2) is 28.5 Å². The van der Waals surface area contributed by atoms with E-state index in [0.29, 0.717) is 28.5 Å². The SMILES string of the molecule is CCOC(=O)c1ccc2nc(NC(=O)c3ccc4ccccc4n3)sc2c1. The van der Waals surface area contributed by atoms with Crippen LogP contribution in [-0.2, 0) is 4.74 Å². The second kappa shape index (κ2) is 7.13. The maximum atomic E-state index is 12.5. The van der Waals surface area contributed by atoms with Crippen LogP contribution in [0.5, 0.6) is 0 Å². The van der Waals surface area contributed by atoms with E-state index >= 15 is 0 Å². The number of fused-ring (bicyclic) bond motifs is 2. The summed E-state index contributed by atoms with van der Waals surface area (Å²) >= 11 is 1.29. The van der Waals surface area contributed by atoms with Crippen molar-refractivity contribution in [3.8, 4) is 0 Å². The average Bonchev–Trinajstić information content (AvgIpc) is 3.09. The number of esters is 1. The van der Waals surface area contributed by atoms with Gasteiger partial charge in [-0.25, -0.2) is 14.8 Å². The summed E-state index contributed by atoms with van der Waals surface area (Å²) < 4.78 is 5.80. The monoisotopic (exact) mass is 377 g/mol. The van der Waals surface area contributed by atoms with Crippen molar-refractivity contribution in [3.05, 3.63) is 65.9 Å². The van der Waals surface area contributed by atoms with Gasteiger partial charge in [0, 0.05) is 5.39 Å². The normalized spacial score (nSPS) is 10.9. The third-order valence-electron chi connectivity index (χ3n) is 3.95. The maximum Gasteiger partial charge on any atom is 0.338 e. The molecule has 1 amide bonds. The van der Waals surface area contributed by atoms with Crippen LogP contribution in [0.2, 0.25) is 0 Å². The largest absolute Gasteiger partial charge is 0.462 e. The zero-order valence-electron chi connectivity index (χ0n) is 14.4. The minimum atomic E-state index is -0.376. The molecule has 0 unspecified atom stereocenters. The van der Waals surface area contributed by atoms with Crippen molar-refractivity contribution in [1.29, 1.82) is 0 Å². The van der Waals surface area contributed by atoms with Crippen LogP contribution in [0.15, 0.2) is 54.6 Å². The third-order valence-corrected chi connectivity index (χ3v) is 4.88. The molecular formula is C20H15N3O3S. The number of benzene rings is 2. The molecule has 0 aliphatic heterocycles. The molecule has 7 heteroatoms. The molecule has 134 valence electrons. The van der Waals surface area contributed by atoms with Crippen molar-refractivity contribution in [3.63, 3.8) is 0 Å². The zero-order valence-corrected chi connectivity index (χ0v) is 15.2. The van der Waals surface area contributed by atoms with Gasteiger partial charge in [0.25, 0.3) is 5.91 Å². The first-order valence-electron chi connectivity index (χ1n) is 8.39. The van der Waals surface area contributed by atoms with Crippen molar-refractivity contribution in [1.82, 2.24) is 9.97 Å². The smallest absolute Gasteiger partial charge is 0.338 e. The standard InChI is InChI=1S/C20H15N3O3S/c1-2-26-19(25)13-8-9-15-17(11-13)27-20(22-15)23-18(24)16-10-7-12-5-3-4-6-14(12)21-16/h3-11H,2H2,1H3,(H,22,23,24). The predicted octanol–water partition coefficient (Wildman–Crippen LogP) is 4.27. The van der Waals surface area contributed by atoms with Crippen molar-refractivity contribution < 1.29 is 14.3 Å². The summed E-state index contributed by atoms with van der Waals surface area (Å²) in [5, 5.41) is 4.20. The van der Waals surface area contributed by atoms with E-state index in [1.165, 1.54) is 11.3 Å². The molecule has 2 aromatic heterocycles. The fraction of sp³-hybridized carbons (Fsp3) is 0.100. The number of rotatable bonds is 4. The summed E-state index contributed by atoms with van der Waals surface area (Å²) in [4.78, 5) is 33.1. The molecule has 4 rings (SSSR count). The van der Waals surface area contributed by atoms with Gasteiger partial charge in [-0.05, 0) is 37.3 Å². The lowest BCUT2D eigenvalue weighted by Gasteiger charge is -2.02. The third kappa shape index (κ3) is 3.50. The number of para-hydroxylation sites is 1. The van der Waals surface area contributed by atoms with Crippen LogP contribution in [0.1, 0.15) is 27.8 Å². The Morgan fingerprint density at radius 2 is 1.89 bits per heavy atom. The average molecular weight is 377 g/mol. The quantitative estimate of drug-likeness (QED) is 0.537.